The van der Waals surface area contributed by atoms with Gasteiger partial charge in [-0.25, -0.2) is 0 Å². The Kier molecular flexibility index (Phi) is 7.16. The van der Waals surface area contributed by atoms with Gasteiger partial charge in [-0.3, -0.25) is 9.69 Å². The molecule has 1 heterocycles. The fourth-order valence-corrected chi connectivity index (χ4v) is 1.74. The summed E-state index contributed by atoms with van der Waals surface area (Å²) >= 11 is 0. The second kappa shape index (κ2) is 8.73. The van der Waals surface area contributed by atoms with Gasteiger partial charge in [0.25, 0.3) is 0 Å². The summed E-state index contributed by atoms with van der Waals surface area (Å²) in [6, 6.07) is 0. The number of nitrogens with zero attached hydrogens (tertiary/aromatic N) is 1. The van der Waals surface area contributed by atoms with Gasteiger partial charge in [-0.2, -0.15) is 0 Å². The van der Waals surface area contributed by atoms with E-state index in [0.717, 1.165) is 32.5 Å². The molecular weight excluding hydrogens is 228 g/mol. The van der Waals surface area contributed by atoms with Gasteiger partial charge < -0.3 is 10.1 Å². The monoisotopic (exact) mass is 250 g/mol. The summed E-state index contributed by atoms with van der Waals surface area (Å²) in [7, 11) is 1.52. The molecule has 1 aliphatic rings. The van der Waals surface area contributed by atoms with Crippen molar-refractivity contribution in [1.82, 2.24) is 10.2 Å². The van der Waals surface area contributed by atoms with Crippen LogP contribution in [-0.4, -0.2) is 50.7 Å². The standard InChI is InChI=1S/C14H22N2O2/c1-3-4-5-8-16-9-6-13(7-10-16)11-15-14(17)12-18-2/h6H,3,7-12H2,1-2H3,(H,15,17). The van der Waals surface area contributed by atoms with Gasteiger partial charge in [-0.05, 0) is 6.42 Å². The highest BCUT2D eigenvalue weighted by molar-refractivity contribution is 5.77. The van der Waals surface area contributed by atoms with Crippen molar-refractivity contribution in [3.05, 3.63) is 11.6 Å². The van der Waals surface area contributed by atoms with E-state index in [-0.39, 0.29) is 12.5 Å². The molecule has 1 rings (SSSR count). The Morgan fingerprint density at radius 1 is 1.56 bits per heavy atom. The Hall–Kier alpha value is -1.31. The number of hydrogen-bond acceptors (Lipinski definition) is 3. The quantitative estimate of drug-likeness (QED) is 0.579. The van der Waals surface area contributed by atoms with Crippen LogP contribution in [-0.2, 0) is 9.53 Å². The van der Waals surface area contributed by atoms with Crippen molar-refractivity contribution in [3.8, 4) is 11.8 Å². The Balaban J connectivity index is 2.24. The van der Waals surface area contributed by atoms with E-state index in [4.69, 9.17) is 4.74 Å². The highest BCUT2D eigenvalue weighted by Gasteiger charge is 2.11. The molecule has 4 nitrogen and oxygen atoms in total. The molecule has 0 spiro atoms. The maximum atomic E-state index is 11.2. The van der Waals surface area contributed by atoms with Gasteiger partial charge >= 0.3 is 0 Å². The first-order chi connectivity index (χ1) is 8.76. The van der Waals surface area contributed by atoms with Crippen molar-refractivity contribution >= 4 is 5.91 Å². The summed E-state index contributed by atoms with van der Waals surface area (Å²) in [5.41, 5.74) is 1.29. The molecule has 0 aromatic carbocycles. The van der Waals surface area contributed by atoms with Crippen molar-refractivity contribution in [2.24, 2.45) is 0 Å². The number of carbonyl (C=O) groups is 1. The van der Waals surface area contributed by atoms with Gasteiger partial charge in [0, 0.05) is 33.2 Å². The zero-order chi connectivity index (χ0) is 13.2. The number of hydrogen-bond donors (Lipinski definition) is 1. The summed E-state index contributed by atoms with van der Waals surface area (Å²) in [5.74, 6) is 6.16. The van der Waals surface area contributed by atoms with Crippen molar-refractivity contribution in [2.75, 3.05) is 39.9 Å². The highest BCUT2D eigenvalue weighted by Crippen LogP contribution is 2.09. The minimum absolute atomic E-state index is 0.0605. The van der Waals surface area contributed by atoms with Crippen LogP contribution in [0.25, 0.3) is 0 Å². The normalized spacial score (nSPS) is 15.6. The van der Waals surface area contributed by atoms with E-state index in [0.29, 0.717) is 6.54 Å². The van der Waals surface area contributed by atoms with Crippen LogP contribution in [0.15, 0.2) is 11.6 Å². The van der Waals surface area contributed by atoms with Gasteiger partial charge in [-0.1, -0.05) is 24.5 Å². The third-order valence-corrected chi connectivity index (χ3v) is 2.78. The van der Waals surface area contributed by atoms with Crippen LogP contribution in [0.4, 0.5) is 0 Å². The molecule has 0 aromatic heterocycles. The van der Waals surface area contributed by atoms with Crippen LogP contribution < -0.4 is 5.32 Å². The van der Waals surface area contributed by atoms with E-state index in [1.807, 2.05) is 0 Å². The summed E-state index contributed by atoms with van der Waals surface area (Å²) in [6.07, 6.45) is 4.10. The number of carbonyl (C=O) groups excluding carboxylic acids is 1. The molecule has 1 amide bonds. The van der Waals surface area contributed by atoms with Crippen molar-refractivity contribution < 1.29 is 9.53 Å². The van der Waals surface area contributed by atoms with Crippen LogP contribution in [0.3, 0.4) is 0 Å². The summed E-state index contributed by atoms with van der Waals surface area (Å²) < 4.78 is 4.76. The van der Waals surface area contributed by atoms with E-state index in [1.54, 1.807) is 0 Å². The Morgan fingerprint density at radius 3 is 3.00 bits per heavy atom. The van der Waals surface area contributed by atoms with Gasteiger partial charge in [-0.15, -0.1) is 5.92 Å². The molecular formula is C14H22N2O2. The molecule has 1 aliphatic heterocycles. The predicted octanol–water partition coefficient (Wildman–Crippen LogP) is 0.794. The van der Waals surface area contributed by atoms with Crippen LogP contribution in [0.2, 0.25) is 0 Å². The van der Waals surface area contributed by atoms with Gasteiger partial charge in [0.2, 0.25) is 5.91 Å². The maximum absolute atomic E-state index is 11.2. The first kappa shape index (κ1) is 14.7. The maximum Gasteiger partial charge on any atom is 0.246 e. The molecule has 0 aliphatic carbocycles. The van der Waals surface area contributed by atoms with Gasteiger partial charge in [0.15, 0.2) is 0 Å². The van der Waals surface area contributed by atoms with E-state index >= 15 is 0 Å². The van der Waals surface area contributed by atoms with Crippen molar-refractivity contribution in [3.63, 3.8) is 0 Å². The summed E-state index contributed by atoms with van der Waals surface area (Å²) in [5, 5.41) is 2.84. The predicted molar refractivity (Wildman–Crippen MR) is 72.1 cm³/mol. The Bertz CT molecular complexity index is 353. The lowest BCUT2D eigenvalue weighted by molar-refractivity contribution is -0.124. The number of amides is 1. The Labute approximate surface area is 109 Å². The zero-order valence-corrected chi connectivity index (χ0v) is 11.3. The zero-order valence-electron chi connectivity index (χ0n) is 11.3. The fraction of sp³-hybridized carbons (Fsp3) is 0.643. The first-order valence-corrected chi connectivity index (χ1v) is 6.38. The molecule has 0 aromatic rings. The molecule has 0 bridgehead atoms. The second-order valence-electron chi connectivity index (χ2n) is 4.26. The smallest absolute Gasteiger partial charge is 0.246 e. The molecule has 0 saturated heterocycles. The third kappa shape index (κ3) is 5.85. The molecule has 1 N–H and O–H groups in total. The average molecular weight is 250 g/mol. The Morgan fingerprint density at radius 2 is 2.39 bits per heavy atom. The van der Waals surface area contributed by atoms with E-state index < -0.39 is 0 Å². The molecule has 0 unspecified atom stereocenters. The van der Waals surface area contributed by atoms with Crippen molar-refractivity contribution in [2.45, 2.75) is 19.8 Å². The lowest BCUT2D eigenvalue weighted by atomic mass is 10.1. The molecule has 4 heteroatoms. The van der Waals surface area contributed by atoms with E-state index in [2.05, 4.69) is 35.1 Å². The third-order valence-electron chi connectivity index (χ3n) is 2.78. The molecule has 0 atom stereocenters. The minimum atomic E-state index is -0.0605. The largest absolute Gasteiger partial charge is 0.375 e. The molecule has 0 saturated carbocycles. The van der Waals surface area contributed by atoms with Gasteiger partial charge in [0.1, 0.15) is 6.61 Å². The summed E-state index contributed by atoms with van der Waals surface area (Å²) in [4.78, 5) is 13.5. The topological polar surface area (TPSA) is 41.6 Å². The fourth-order valence-electron chi connectivity index (χ4n) is 1.74. The molecule has 0 fully saturated rings. The molecule has 18 heavy (non-hydrogen) atoms. The molecule has 100 valence electrons. The average Bonchev–Trinajstić information content (AvgIpc) is 2.38. The van der Waals surface area contributed by atoms with Crippen molar-refractivity contribution in [1.29, 1.82) is 0 Å². The lowest BCUT2D eigenvalue weighted by Gasteiger charge is -2.24. The number of nitrogens with one attached hydrogen (secondary N) is 1. The van der Waals surface area contributed by atoms with Crippen LogP contribution >= 0.6 is 0 Å². The first-order valence-electron chi connectivity index (χ1n) is 6.38. The van der Waals surface area contributed by atoms with Crippen LogP contribution in [0.5, 0.6) is 0 Å². The SMILES string of the molecule is CCC#CCN1CC=C(CNC(=O)COC)CC1. The lowest BCUT2D eigenvalue weighted by Crippen LogP contribution is -2.34. The van der Waals surface area contributed by atoms with E-state index in [9.17, 15) is 4.79 Å². The number of rotatable bonds is 5. The summed E-state index contributed by atoms with van der Waals surface area (Å²) in [6.45, 7) is 5.61. The van der Waals surface area contributed by atoms with Crippen LogP contribution in [0.1, 0.15) is 19.8 Å². The van der Waals surface area contributed by atoms with Crippen LogP contribution in [0, 0.1) is 11.8 Å². The van der Waals surface area contributed by atoms with Gasteiger partial charge in [0.05, 0.1) is 6.54 Å². The number of ether oxygens (including phenoxy) is 1. The second-order valence-corrected chi connectivity index (χ2v) is 4.26. The van der Waals surface area contributed by atoms with E-state index in [1.165, 1.54) is 12.7 Å². The number of methoxy groups -OCH3 is 1. The molecule has 0 radical (unpaired) electrons. The minimum Gasteiger partial charge on any atom is -0.375 e. The highest BCUT2D eigenvalue weighted by atomic mass is 16.5.